The van der Waals surface area contributed by atoms with Crippen molar-refractivity contribution in [2.45, 2.75) is 39.3 Å². The van der Waals surface area contributed by atoms with Crippen LogP contribution in [-0.2, 0) is 22.6 Å². The van der Waals surface area contributed by atoms with E-state index in [0.29, 0.717) is 25.3 Å². The van der Waals surface area contributed by atoms with Crippen molar-refractivity contribution in [1.82, 2.24) is 10.2 Å². The van der Waals surface area contributed by atoms with Crippen molar-refractivity contribution in [2.24, 2.45) is 0 Å². The quantitative estimate of drug-likeness (QED) is 0.371. The van der Waals surface area contributed by atoms with Crippen LogP contribution in [0.4, 0.5) is 0 Å². The van der Waals surface area contributed by atoms with Crippen LogP contribution in [0.5, 0.6) is 5.75 Å². The number of carbonyl (C=O) groups is 2. The lowest BCUT2D eigenvalue weighted by molar-refractivity contribution is -0.142. The molecule has 0 saturated heterocycles. The first-order valence-electron chi connectivity index (χ1n) is 11.5. The number of ether oxygens (including phenoxy) is 1. The van der Waals surface area contributed by atoms with Crippen molar-refractivity contribution in [3.05, 3.63) is 100 Å². The number of amides is 2. The highest BCUT2D eigenvalue weighted by Crippen LogP contribution is 2.22. The molecule has 3 aromatic rings. The summed E-state index contributed by atoms with van der Waals surface area (Å²) in [4.78, 5) is 28.4. The molecule has 0 heterocycles. The Balaban J connectivity index is 1.86. The Hall–Kier alpha value is -3.12. The van der Waals surface area contributed by atoms with Crippen LogP contribution >= 0.6 is 15.9 Å². The van der Waals surface area contributed by atoms with Crippen molar-refractivity contribution in [2.75, 3.05) is 13.2 Å². The third-order valence-electron chi connectivity index (χ3n) is 5.51. The van der Waals surface area contributed by atoms with Crippen molar-refractivity contribution in [3.63, 3.8) is 0 Å². The molecule has 0 aliphatic rings. The second kappa shape index (κ2) is 12.9. The first kappa shape index (κ1) is 25.5. The first-order valence-corrected chi connectivity index (χ1v) is 12.3. The van der Waals surface area contributed by atoms with Gasteiger partial charge in [0.15, 0.2) is 6.61 Å². The maximum absolute atomic E-state index is 13.5. The molecule has 0 bridgehead atoms. The minimum Gasteiger partial charge on any atom is -0.484 e. The Kier molecular flexibility index (Phi) is 9.71. The van der Waals surface area contributed by atoms with Gasteiger partial charge in [0.2, 0.25) is 5.91 Å². The number of nitrogens with zero attached hydrogens (tertiary/aromatic N) is 1. The number of carbonyl (C=O) groups excluding carboxylic acids is 2. The Morgan fingerprint density at radius 2 is 1.62 bits per heavy atom. The van der Waals surface area contributed by atoms with E-state index in [9.17, 15) is 9.59 Å². The van der Waals surface area contributed by atoms with E-state index in [1.165, 1.54) is 0 Å². The minimum absolute atomic E-state index is 0.153. The highest BCUT2D eigenvalue weighted by molar-refractivity contribution is 9.10. The Bertz CT molecular complexity index is 1070. The van der Waals surface area contributed by atoms with Gasteiger partial charge in [0.05, 0.1) is 0 Å². The lowest BCUT2D eigenvalue weighted by Gasteiger charge is -2.31. The van der Waals surface area contributed by atoms with Gasteiger partial charge in [-0.05, 0) is 48.2 Å². The number of hydrogen-bond acceptors (Lipinski definition) is 3. The first-order chi connectivity index (χ1) is 16.5. The predicted molar refractivity (Wildman–Crippen MR) is 139 cm³/mol. The Morgan fingerprint density at radius 1 is 0.971 bits per heavy atom. The van der Waals surface area contributed by atoms with Crippen LogP contribution < -0.4 is 10.1 Å². The molecule has 0 saturated carbocycles. The van der Waals surface area contributed by atoms with Crippen LogP contribution in [0.15, 0.2) is 83.3 Å². The number of aryl methyl sites for hydroxylation is 1. The molecule has 2 amide bonds. The fourth-order valence-corrected chi connectivity index (χ4v) is 3.88. The van der Waals surface area contributed by atoms with E-state index in [2.05, 4.69) is 21.2 Å². The summed E-state index contributed by atoms with van der Waals surface area (Å²) >= 11 is 3.48. The molecule has 34 heavy (non-hydrogen) atoms. The maximum Gasteiger partial charge on any atom is 0.261 e. The van der Waals surface area contributed by atoms with Gasteiger partial charge in [-0.25, -0.2) is 0 Å². The largest absolute Gasteiger partial charge is 0.484 e. The van der Waals surface area contributed by atoms with E-state index < -0.39 is 6.04 Å². The zero-order chi connectivity index (χ0) is 24.3. The fourth-order valence-electron chi connectivity index (χ4n) is 3.64. The van der Waals surface area contributed by atoms with E-state index in [0.717, 1.165) is 27.6 Å². The third-order valence-corrected chi connectivity index (χ3v) is 6.40. The number of halogens is 1. The van der Waals surface area contributed by atoms with Crippen LogP contribution in [0.25, 0.3) is 0 Å². The van der Waals surface area contributed by atoms with Crippen LogP contribution in [0.2, 0.25) is 0 Å². The van der Waals surface area contributed by atoms with Gasteiger partial charge in [-0.3, -0.25) is 9.59 Å². The highest BCUT2D eigenvalue weighted by atomic mass is 79.9. The van der Waals surface area contributed by atoms with Gasteiger partial charge in [-0.1, -0.05) is 83.5 Å². The van der Waals surface area contributed by atoms with Crippen LogP contribution in [-0.4, -0.2) is 35.9 Å². The van der Waals surface area contributed by atoms with Gasteiger partial charge in [-0.2, -0.15) is 0 Å². The zero-order valence-electron chi connectivity index (χ0n) is 19.7. The number of nitrogens with one attached hydrogen (secondary N) is 1. The van der Waals surface area contributed by atoms with Gasteiger partial charge in [-0.15, -0.1) is 0 Å². The van der Waals surface area contributed by atoms with Gasteiger partial charge in [0, 0.05) is 24.0 Å². The monoisotopic (exact) mass is 522 g/mol. The molecule has 0 fully saturated rings. The lowest BCUT2D eigenvalue weighted by Crippen LogP contribution is -2.51. The van der Waals surface area contributed by atoms with E-state index >= 15 is 0 Å². The summed E-state index contributed by atoms with van der Waals surface area (Å²) in [6, 6.07) is 24.5. The van der Waals surface area contributed by atoms with Crippen LogP contribution in [0, 0.1) is 6.92 Å². The summed E-state index contributed by atoms with van der Waals surface area (Å²) in [5.74, 6) is 0.218. The van der Waals surface area contributed by atoms with Crippen molar-refractivity contribution in [3.8, 4) is 5.75 Å². The van der Waals surface area contributed by atoms with Gasteiger partial charge in [0.1, 0.15) is 11.8 Å². The van der Waals surface area contributed by atoms with Crippen molar-refractivity contribution < 1.29 is 14.3 Å². The summed E-state index contributed by atoms with van der Waals surface area (Å²) in [5.41, 5.74) is 2.97. The molecule has 0 aliphatic carbocycles. The molecule has 3 aromatic carbocycles. The molecule has 0 aliphatic heterocycles. The lowest BCUT2D eigenvalue weighted by atomic mass is 10.0. The van der Waals surface area contributed by atoms with E-state index in [-0.39, 0.29) is 18.4 Å². The second-order valence-electron chi connectivity index (χ2n) is 8.20. The molecular weight excluding hydrogens is 492 g/mol. The summed E-state index contributed by atoms with van der Waals surface area (Å²) in [6.07, 6.45) is 1.24. The highest BCUT2D eigenvalue weighted by Gasteiger charge is 2.30. The van der Waals surface area contributed by atoms with Gasteiger partial charge >= 0.3 is 0 Å². The summed E-state index contributed by atoms with van der Waals surface area (Å²) in [6.45, 7) is 4.70. The molecule has 1 N–H and O–H groups in total. The van der Waals surface area contributed by atoms with Crippen LogP contribution in [0.3, 0.4) is 0 Å². The SMILES string of the molecule is CCCNC(=O)C(Cc1ccccc1)N(Cc1ccccc1)C(=O)COc1ccc(Br)c(C)c1. The standard InChI is InChI=1S/C28H31BrN2O3/c1-3-16-30-28(33)26(18-22-10-6-4-7-11-22)31(19-23-12-8-5-9-13-23)27(32)20-34-24-14-15-25(29)21(2)17-24/h4-15,17,26H,3,16,18-20H2,1-2H3,(H,30,33). The van der Waals surface area contributed by atoms with Crippen LogP contribution in [0.1, 0.15) is 30.0 Å². The van der Waals surface area contributed by atoms with E-state index in [1.807, 2.05) is 92.7 Å². The number of hydrogen-bond donors (Lipinski definition) is 1. The molecule has 0 spiro atoms. The molecule has 3 rings (SSSR count). The Morgan fingerprint density at radius 3 is 2.24 bits per heavy atom. The van der Waals surface area contributed by atoms with Gasteiger partial charge in [0.25, 0.3) is 5.91 Å². The Labute approximate surface area is 210 Å². The second-order valence-corrected chi connectivity index (χ2v) is 9.06. The average molecular weight is 523 g/mol. The van der Waals surface area contributed by atoms with Crippen molar-refractivity contribution >= 4 is 27.7 Å². The topological polar surface area (TPSA) is 58.6 Å². The van der Waals surface area contributed by atoms with Gasteiger partial charge < -0.3 is 15.0 Å². The minimum atomic E-state index is -0.656. The summed E-state index contributed by atoms with van der Waals surface area (Å²) in [7, 11) is 0. The summed E-state index contributed by atoms with van der Waals surface area (Å²) < 4.78 is 6.82. The number of benzene rings is 3. The average Bonchev–Trinajstić information content (AvgIpc) is 2.86. The zero-order valence-corrected chi connectivity index (χ0v) is 21.3. The molecule has 1 atom stereocenters. The number of rotatable bonds is 11. The normalized spacial score (nSPS) is 11.5. The third kappa shape index (κ3) is 7.45. The molecule has 0 aromatic heterocycles. The predicted octanol–water partition coefficient (Wildman–Crippen LogP) is 5.30. The fraction of sp³-hybridized carbons (Fsp3) is 0.286. The molecule has 0 radical (unpaired) electrons. The smallest absolute Gasteiger partial charge is 0.261 e. The molecule has 178 valence electrons. The molecule has 1 unspecified atom stereocenters. The van der Waals surface area contributed by atoms with Crippen molar-refractivity contribution in [1.29, 1.82) is 0 Å². The van der Waals surface area contributed by atoms with E-state index in [1.54, 1.807) is 4.90 Å². The summed E-state index contributed by atoms with van der Waals surface area (Å²) in [5, 5.41) is 2.98. The molecule has 5 nitrogen and oxygen atoms in total. The maximum atomic E-state index is 13.5. The molecular formula is C28H31BrN2O3. The molecule has 6 heteroatoms. The van der Waals surface area contributed by atoms with E-state index in [4.69, 9.17) is 4.74 Å².